The van der Waals surface area contributed by atoms with Crippen LogP contribution in [0, 0.1) is 0 Å². The van der Waals surface area contributed by atoms with Gasteiger partial charge in [-0.1, -0.05) is 43.3 Å². The molecule has 1 heterocycles. The summed E-state index contributed by atoms with van der Waals surface area (Å²) in [5, 5.41) is 3.01. The second-order valence-electron chi connectivity index (χ2n) is 9.48. The number of rotatable bonds is 6. The minimum absolute atomic E-state index is 0.0272. The van der Waals surface area contributed by atoms with Gasteiger partial charge in [0.2, 0.25) is 5.91 Å². The molecule has 0 spiro atoms. The number of aryl methyl sites for hydroxylation is 1. The minimum atomic E-state index is -0.518. The van der Waals surface area contributed by atoms with E-state index in [0.29, 0.717) is 24.4 Å². The van der Waals surface area contributed by atoms with Gasteiger partial charge in [0.15, 0.2) is 6.10 Å². The summed E-state index contributed by atoms with van der Waals surface area (Å²) >= 11 is 0. The number of fused-ring (bicyclic) bond motifs is 2. The molecule has 1 aliphatic heterocycles. The van der Waals surface area contributed by atoms with Crippen LogP contribution in [0.15, 0.2) is 66.7 Å². The zero-order valence-corrected chi connectivity index (χ0v) is 20.8. The third kappa shape index (κ3) is 4.94. The van der Waals surface area contributed by atoms with Gasteiger partial charge in [-0.15, -0.1) is 0 Å². The smallest absolute Gasteiger partial charge is 0.264 e. The van der Waals surface area contributed by atoms with Crippen molar-refractivity contribution in [2.45, 2.75) is 57.7 Å². The molecule has 2 amide bonds. The van der Waals surface area contributed by atoms with Gasteiger partial charge in [0.1, 0.15) is 11.5 Å². The van der Waals surface area contributed by atoms with Crippen LogP contribution in [0.3, 0.4) is 0 Å². The first-order chi connectivity index (χ1) is 17.6. The monoisotopic (exact) mass is 484 g/mol. The van der Waals surface area contributed by atoms with Gasteiger partial charge in [-0.25, -0.2) is 0 Å². The van der Waals surface area contributed by atoms with Crippen molar-refractivity contribution in [3.8, 4) is 11.5 Å². The molecule has 36 heavy (non-hydrogen) atoms. The van der Waals surface area contributed by atoms with E-state index in [1.54, 1.807) is 7.11 Å². The molecule has 0 fully saturated rings. The van der Waals surface area contributed by atoms with Crippen molar-refractivity contribution >= 4 is 17.5 Å². The average molecular weight is 485 g/mol. The fourth-order valence-corrected chi connectivity index (χ4v) is 5.25. The van der Waals surface area contributed by atoms with Crippen molar-refractivity contribution in [3.05, 3.63) is 89.0 Å². The van der Waals surface area contributed by atoms with Gasteiger partial charge in [0.25, 0.3) is 5.91 Å². The maximum absolute atomic E-state index is 13.6. The number of amides is 2. The van der Waals surface area contributed by atoms with E-state index in [-0.39, 0.29) is 24.3 Å². The highest BCUT2D eigenvalue weighted by Gasteiger charge is 2.36. The Morgan fingerprint density at radius 2 is 1.89 bits per heavy atom. The van der Waals surface area contributed by atoms with E-state index < -0.39 is 6.10 Å². The number of methoxy groups -OCH3 is 1. The first kappa shape index (κ1) is 23.9. The van der Waals surface area contributed by atoms with Gasteiger partial charge in [-0.2, -0.15) is 0 Å². The van der Waals surface area contributed by atoms with E-state index in [2.05, 4.69) is 29.6 Å². The Labute approximate surface area is 212 Å². The number of nitrogens with zero attached hydrogens (tertiary/aromatic N) is 1. The third-order valence-electron chi connectivity index (χ3n) is 7.12. The van der Waals surface area contributed by atoms with Gasteiger partial charge >= 0.3 is 0 Å². The summed E-state index contributed by atoms with van der Waals surface area (Å²) in [7, 11) is 1.62. The van der Waals surface area contributed by atoms with Gasteiger partial charge in [-0.05, 0) is 72.7 Å². The Bertz CT molecular complexity index is 1250. The first-order valence-corrected chi connectivity index (χ1v) is 12.7. The number of benzene rings is 3. The molecule has 3 aromatic carbocycles. The molecule has 2 atom stereocenters. The Hall–Kier alpha value is -3.80. The number of anilines is 1. The number of carbonyl (C=O) groups excluding carboxylic acids is 2. The zero-order valence-electron chi connectivity index (χ0n) is 20.8. The van der Waals surface area contributed by atoms with Crippen LogP contribution in [0.4, 0.5) is 5.69 Å². The summed E-state index contributed by atoms with van der Waals surface area (Å²) in [6, 6.07) is 21.6. The summed E-state index contributed by atoms with van der Waals surface area (Å²) in [5.41, 5.74) is 5.07. The Balaban J connectivity index is 1.38. The number of ether oxygens (including phenoxy) is 2. The molecule has 0 saturated carbocycles. The molecule has 1 aliphatic carbocycles. The molecular formula is C30H32N2O4. The molecule has 0 unspecified atom stereocenters. The fourth-order valence-electron chi connectivity index (χ4n) is 5.25. The molecule has 6 nitrogen and oxygen atoms in total. The molecule has 186 valence electrons. The molecule has 6 heteroatoms. The van der Waals surface area contributed by atoms with Crippen LogP contribution in [-0.4, -0.2) is 29.9 Å². The minimum Gasteiger partial charge on any atom is -0.497 e. The van der Waals surface area contributed by atoms with E-state index in [1.807, 2.05) is 54.3 Å². The summed E-state index contributed by atoms with van der Waals surface area (Å²) in [4.78, 5) is 28.3. The number of hydrogen-bond acceptors (Lipinski definition) is 4. The quantitative estimate of drug-likeness (QED) is 0.505. The maximum Gasteiger partial charge on any atom is 0.264 e. The summed E-state index contributed by atoms with van der Waals surface area (Å²) < 4.78 is 11.4. The van der Waals surface area contributed by atoms with Crippen molar-refractivity contribution in [1.82, 2.24) is 4.90 Å². The first-order valence-electron chi connectivity index (χ1n) is 12.7. The molecule has 2 aliphatic rings. The van der Waals surface area contributed by atoms with Crippen LogP contribution in [0.25, 0.3) is 0 Å². The second-order valence-corrected chi connectivity index (χ2v) is 9.48. The second kappa shape index (κ2) is 10.4. The molecule has 3 aromatic rings. The lowest BCUT2D eigenvalue weighted by molar-refractivity contribution is -0.141. The van der Waals surface area contributed by atoms with Gasteiger partial charge < -0.3 is 19.7 Å². The van der Waals surface area contributed by atoms with E-state index in [0.717, 1.165) is 36.1 Å². The van der Waals surface area contributed by atoms with Crippen LogP contribution in [0.1, 0.15) is 54.5 Å². The lowest BCUT2D eigenvalue weighted by Crippen LogP contribution is -2.42. The molecule has 0 radical (unpaired) electrons. The van der Waals surface area contributed by atoms with E-state index in [4.69, 9.17) is 9.47 Å². The van der Waals surface area contributed by atoms with Crippen LogP contribution >= 0.6 is 0 Å². The summed E-state index contributed by atoms with van der Waals surface area (Å²) in [6.07, 6.45) is 3.38. The lowest BCUT2D eigenvalue weighted by atomic mass is 9.86. The predicted molar refractivity (Wildman–Crippen MR) is 139 cm³/mol. The van der Waals surface area contributed by atoms with Crippen molar-refractivity contribution in [2.24, 2.45) is 0 Å². The SMILES string of the molecule is CC[C@@H]1Oc2ccc(NC(=O)Cc3ccc(OC)cc3)cc2CN([C@H]2CCCc3ccccc32)C1=O. The fraction of sp³-hybridized carbons (Fsp3) is 0.333. The lowest BCUT2D eigenvalue weighted by Gasteiger charge is -2.36. The van der Waals surface area contributed by atoms with Gasteiger partial charge in [0.05, 0.1) is 26.1 Å². The normalized spacial score (nSPS) is 18.9. The molecule has 0 bridgehead atoms. The number of carbonyl (C=O) groups is 2. The summed E-state index contributed by atoms with van der Waals surface area (Å²) in [5.74, 6) is 1.39. The standard InChI is InChI=1S/C30H32N2O4/c1-3-27-30(34)32(26-10-6-8-21-7-4-5-9-25(21)26)19-22-18-23(13-16-28(22)36-27)31-29(33)17-20-11-14-24(35-2)15-12-20/h4-5,7,9,11-16,18,26-27H,3,6,8,10,17,19H2,1-2H3,(H,31,33)/t26-,27-/m0/s1. The molecule has 1 N–H and O–H groups in total. The topological polar surface area (TPSA) is 67.9 Å². The summed E-state index contributed by atoms with van der Waals surface area (Å²) in [6.45, 7) is 2.43. The highest BCUT2D eigenvalue weighted by atomic mass is 16.5. The molecule has 0 saturated heterocycles. The molecule has 0 aromatic heterocycles. The zero-order chi connectivity index (χ0) is 25.1. The van der Waals surface area contributed by atoms with Crippen molar-refractivity contribution < 1.29 is 19.1 Å². The van der Waals surface area contributed by atoms with Crippen molar-refractivity contribution in [1.29, 1.82) is 0 Å². The highest BCUT2D eigenvalue weighted by molar-refractivity contribution is 5.92. The van der Waals surface area contributed by atoms with Crippen molar-refractivity contribution in [3.63, 3.8) is 0 Å². The van der Waals surface area contributed by atoms with E-state index in [1.165, 1.54) is 11.1 Å². The highest BCUT2D eigenvalue weighted by Crippen LogP contribution is 2.39. The van der Waals surface area contributed by atoms with Crippen LogP contribution < -0.4 is 14.8 Å². The van der Waals surface area contributed by atoms with Gasteiger partial charge in [-0.3, -0.25) is 9.59 Å². The van der Waals surface area contributed by atoms with Crippen LogP contribution in [0.2, 0.25) is 0 Å². The van der Waals surface area contributed by atoms with Crippen LogP contribution in [0.5, 0.6) is 11.5 Å². The largest absolute Gasteiger partial charge is 0.497 e. The number of hydrogen-bond donors (Lipinski definition) is 1. The Morgan fingerprint density at radius 1 is 1.08 bits per heavy atom. The predicted octanol–water partition coefficient (Wildman–Crippen LogP) is 5.45. The molecular weight excluding hydrogens is 452 g/mol. The van der Waals surface area contributed by atoms with E-state index >= 15 is 0 Å². The van der Waals surface area contributed by atoms with E-state index in [9.17, 15) is 9.59 Å². The van der Waals surface area contributed by atoms with Crippen molar-refractivity contribution in [2.75, 3.05) is 12.4 Å². The maximum atomic E-state index is 13.6. The third-order valence-corrected chi connectivity index (χ3v) is 7.12. The number of nitrogens with one attached hydrogen (secondary N) is 1. The van der Waals surface area contributed by atoms with Gasteiger partial charge in [0, 0.05) is 11.3 Å². The Kier molecular flexibility index (Phi) is 6.94. The average Bonchev–Trinajstić information content (AvgIpc) is 3.04. The Morgan fingerprint density at radius 3 is 2.67 bits per heavy atom. The molecule has 5 rings (SSSR count). The van der Waals surface area contributed by atoms with Crippen LogP contribution in [-0.2, 0) is 29.0 Å².